The van der Waals surface area contributed by atoms with Gasteiger partial charge < -0.3 is 21.5 Å². The van der Waals surface area contributed by atoms with E-state index in [1.165, 1.54) is 0 Å². The first-order valence-corrected chi connectivity index (χ1v) is 10.8. The highest BCUT2D eigenvalue weighted by molar-refractivity contribution is 6.31. The number of aliphatic hydroxyl groups excluding tert-OH is 1. The van der Waals surface area contributed by atoms with Crippen LogP contribution in [0.4, 0.5) is 16.4 Å². The summed E-state index contributed by atoms with van der Waals surface area (Å²) in [4.78, 5) is 24.4. The standard InChI is InChI=1S/C22H24Cl2N6O3/c1-12(11-31)21(32)26-10-15-8-13(6-7-17(15)24)18-19(25)29-30-20(18)28-22(33)27-9-14-4-2-3-5-16(14)23/h2-8,12,31H,9-11H2,1H3,(H,26,32)(H5,25,27,28,29,30,33). The number of benzene rings is 2. The minimum absolute atomic E-state index is 0.161. The quantitative estimate of drug-likeness (QED) is 0.286. The van der Waals surface area contributed by atoms with Gasteiger partial charge in [-0.25, -0.2) is 4.79 Å². The lowest BCUT2D eigenvalue weighted by Crippen LogP contribution is -2.30. The molecule has 174 valence electrons. The number of hydrogen-bond acceptors (Lipinski definition) is 5. The molecule has 1 unspecified atom stereocenters. The maximum Gasteiger partial charge on any atom is 0.320 e. The van der Waals surface area contributed by atoms with E-state index in [1.807, 2.05) is 18.2 Å². The molecule has 1 aromatic heterocycles. The fraction of sp³-hybridized carbons (Fsp3) is 0.227. The lowest BCUT2D eigenvalue weighted by molar-refractivity contribution is -0.125. The molecule has 9 nitrogen and oxygen atoms in total. The van der Waals surface area contributed by atoms with Crippen molar-refractivity contribution in [1.82, 2.24) is 20.8 Å². The second-order valence-corrected chi connectivity index (χ2v) is 8.18. The molecule has 0 saturated heterocycles. The summed E-state index contributed by atoms with van der Waals surface area (Å²) in [7, 11) is 0. The number of aromatic amines is 1. The van der Waals surface area contributed by atoms with Crippen molar-refractivity contribution in [2.45, 2.75) is 20.0 Å². The Kier molecular flexibility index (Phi) is 8.16. The molecule has 11 heteroatoms. The molecule has 2 aromatic carbocycles. The van der Waals surface area contributed by atoms with Crippen molar-refractivity contribution < 1.29 is 14.7 Å². The van der Waals surface area contributed by atoms with Gasteiger partial charge in [0.2, 0.25) is 5.91 Å². The molecular formula is C22H24Cl2N6O3. The van der Waals surface area contributed by atoms with Crippen LogP contribution < -0.4 is 21.7 Å². The van der Waals surface area contributed by atoms with E-state index in [9.17, 15) is 9.59 Å². The van der Waals surface area contributed by atoms with Crippen LogP contribution in [-0.4, -0.2) is 33.8 Å². The first-order valence-electron chi connectivity index (χ1n) is 10.1. The average molecular weight is 491 g/mol. The molecule has 3 rings (SSSR count). The number of aliphatic hydroxyl groups is 1. The topological polar surface area (TPSA) is 145 Å². The molecule has 0 spiro atoms. The second-order valence-electron chi connectivity index (χ2n) is 7.37. The summed E-state index contributed by atoms with van der Waals surface area (Å²) < 4.78 is 0. The van der Waals surface area contributed by atoms with Crippen LogP contribution in [0.1, 0.15) is 18.1 Å². The number of nitrogens with one attached hydrogen (secondary N) is 4. The summed E-state index contributed by atoms with van der Waals surface area (Å²) in [6.45, 7) is 1.76. The SMILES string of the molecule is CC(CO)C(=O)NCc1cc(-c2c(NC(=O)NCc3ccccc3Cl)n[nH]c2N)ccc1Cl. The molecule has 3 amide bonds. The monoisotopic (exact) mass is 490 g/mol. The third-order valence-electron chi connectivity index (χ3n) is 4.93. The minimum Gasteiger partial charge on any atom is -0.396 e. The number of rotatable bonds is 8. The number of nitrogen functional groups attached to an aromatic ring is 1. The number of nitrogens with two attached hydrogens (primary N) is 1. The Morgan fingerprint density at radius 2 is 1.79 bits per heavy atom. The van der Waals surface area contributed by atoms with Crippen LogP contribution in [-0.2, 0) is 17.9 Å². The molecule has 3 aromatic rings. The van der Waals surface area contributed by atoms with Gasteiger partial charge >= 0.3 is 6.03 Å². The van der Waals surface area contributed by atoms with Crippen LogP contribution in [0.2, 0.25) is 10.0 Å². The molecule has 0 radical (unpaired) electrons. The molecule has 0 aliphatic carbocycles. The predicted octanol–water partition coefficient (Wildman–Crippen LogP) is 3.53. The van der Waals surface area contributed by atoms with Crippen LogP contribution in [0.15, 0.2) is 42.5 Å². The van der Waals surface area contributed by atoms with Crippen LogP contribution >= 0.6 is 23.2 Å². The molecule has 0 fully saturated rings. The molecule has 33 heavy (non-hydrogen) atoms. The maximum atomic E-state index is 12.4. The Hall–Kier alpha value is -3.27. The molecule has 0 aliphatic rings. The first kappa shape index (κ1) is 24.4. The molecule has 0 bridgehead atoms. The summed E-state index contributed by atoms with van der Waals surface area (Å²) in [5.41, 5.74) is 8.61. The number of anilines is 2. The van der Waals surface area contributed by atoms with Gasteiger partial charge in [0, 0.05) is 23.1 Å². The Labute approximate surface area is 200 Å². The highest BCUT2D eigenvalue weighted by Crippen LogP contribution is 2.33. The first-order chi connectivity index (χ1) is 15.8. The third-order valence-corrected chi connectivity index (χ3v) is 5.67. The van der Waals surface area contributed by atoms with Crippen molar-refractivity contribution in [2.75, 3.05) is 17.7 Å². The normalized spacial score (nSPS) is 11.6. The molecule has 0 aliphatic heterocycles. The van der Waals surface area contributed by atoms with E-state index in [4.69, 9.17) is 34.0 Å². The van der Waals surface area contributed by atoms with Gasteiger partial charge in [-0.1, -0.05) is 54.4 Å². The van der Waals surface area contributed by atoms with Gasteiger partial charge in [0.25, 0.3) is 0 Å². The summed E-state index contributed by atoms with van der Waals surface area (Å²) in [6, 6.07) is 11.9. The van der Waals surface area contributed by atoms with Gasteiger partial charge in [-0.3, -0.25) is 15.2 Å². The van der Waals surface area contributed by atoms with E-state index in [2.05, 4.69) is 26.1 Å². The van der Waals surface area contributed by atoms with Crippen molar-refractivity contribution in [3.63, 3.8) is 0 Å². The molecular weight excluding hydrogens is 467 g/mol. The van der Waals surface area contributed by atoms with Crippen molar-refractivity contribution >= 4 is 46.8 Å². The average Bonchev–Trinajstić information content (AvgIpc) is 3.16. The van der Waals surface area contributed by atoms with Gasteiger partial charge in [0.15, 0.2) is 5.82 Å². The Morgan fingerprint density at radius 3 is 2.52 bits per heavy atom. The van der Waals surface area contributed by atoms with Crippen molar-refractivity contribution in [3.8, 4) is 11.1 Å². The highest BCUT2D eigenvalue weighted by atomic mass is 35.5. The number of H-pyrrole nitrogens is 1. The fourth-order valence-corrected chi connectivity index (χ4v) is 3.40. The largest absolute Gasteiger partial charge is 0.396 e. The number of aromatic nitrogens is 2. The molecule has 0 saturated carbocycles. The van der Waals surface area contributed by atoms with Gasteiger partial charge in [-0.05, 0) is 34.9 Å². The number of halogens is 2. The number of urea groups is 1. The Balaban J connectivity index is 1.74. The third kappa shape index (κ3) is 6.16. The van der Waals surface area contributed by atoms with Gasteiger partial charge in [0.1, 0.15) is 5.82 Å². The maximum absolute atomic E-state index is 12.4. The number of hydrogen-bond donors (Lipinski definition) is 6. The zero-order chi connectivity index (χ0) is 24.0. The molecule has 1 atom stereocenters. The van der Waals surface area contributed by atoms with E-state index in [-0.39, 0.29) is 37.2 Å². The Morgan fingerprint density at radius 1 is 1.09 bits per heavy atom. The van der Waals surface area contributed by atoms with E-state index < -0.39 is 11.9 Å². The van der Waals surface area contributed by atoms with Crippen molar-refractivity contribution in [3.05, 3.63) is 63.6 Å². The summed E-state index contributed by atoms with van der Waals surface area (Å²) >= 11 is 12.4. The number of carbonyl (C=O) groups is 2. The number of carbonyl (C=O) groups excluding carboxylic acids is 2. The summed E-state index contributed by atoms with van der Waals surface area (Å²) in [5, 5.41) is 25.0. The van der Waals surface area contributed by atoms with Crippen LogP contribution in [0, 0.1) is 5.92 Å². The van der Waals surface area contributed by atoms with E-state index >= 15 is 0 Å². The predicted molar refractivity (Wildman–Crippen MR) is 129 cm³/mol. The zero-order valence-electron chi connectivity index (χ0n) is 17.8. The van der Waals surface area contributed by atoms with Crippen LogP contribution in [0.25, 0.3) is 11.1 Å². The van der Waals surface area contributed by atoms with Crippen LogP contribution in [0.3, 0.4) is 0 Å². The van der Waals surface area contributed by atoms with Gasteiger partial charge in [-0.15, -0.1) is 0 Å². The van der Waals surface area contributed by atoms with Gasteiger partial charge in [0.05, 0.1) is 18.1 Å². The summed E-state index contributed by atoms with van der Waals surface area (Å²) in [6.07, 6.45) is 0. The van der Waals surface area contributed by atoms with Crippen molar-refractivity contribution in [1.29, 1.82) is 0 Å². The van der Waals surface area contributed by atoms with Crippen LogP contribution in [0.5, 0.6) is 0 Å². The lowest BCUT2D eigenvalue weighted by atomic mass is 10.0. The second kappa shape index (κ2) is 11.0. The highest BCUT2D eigenvalue weighted by Gasteiger charge is 2.18. The van der Waals surface area contributed by atoms with E-state index in [0.29, 0.717) is 26.7 Å². The lowest BCUT2D eigenvalue weighted by Gasteiger charge is -2.13. The van der Waals surface area contributed by atoms with Gasteiger partial charge in [-0.2, -0.15) is 5.10 Å². The summed E-state index contributed by atoms with van der Waals surface area (Å²) in [5.74, 6) is -0.339. The molecule has 7 N–H and O–H groups in total. The number of nitrogens with zero attached hydrogens (tertiary/aromatic N) is 1. The Bertz CT molecular complexity index is 1150. The molecule has 1 heterocycles. The zero-order valence-corrected chi connectivity index (χ0v) is 19.3. The van der Waals surface area contributed by atoms with Crippen molar-refractivity contribution in [2.24, 2.45) is 5.92 Å². The van der Waals surface area contributed by atoms with E-state index in [1.54, 1.807) is 31.2 Å². The number of amides is 3. The smallest absolute Gasteiger partial charge is 0.320 e. The minimum atomic E-state index is -0.531. The fourth-order valence-electron chi connectivity index (χ4n) is 3.01. The van der Waals surface area contributed by atoms with E-state index in [0.717, 1.165) is 5.56 Å².